The first-order chi connectivity index (χ1) is 16.0. The van der Waals surface area contributed by atoms with E-state index in [1.165, 1.54) is 6.07 Å². The molecule has 33 heavy (non-hydrogen) atoms. The molecule has 1 amide bonds. The molecule has 2 aromatic rings. The highest BCUT2D eigenvalue weighted by molar-refractivity contribution is 6.09. The van der Waals surface area contributed by atoms with Crippen molar-refractivity contribution in [2.24, 2.45) is 11.0 Å². The van der Waals surface area contributed by atoms with Crippen LogP contribution in [0.2, 0.25) is 0 Å². The van der Waals surface area contributed by atoms with E-state index in [1.807, 2.05) is 24.0 Å². The second-order valence-electron chi connectivity index (χ2n) is 9.12. The number of nitrogens with one attached hydrogen (secondary N) is 1. The van der Waals surface area contributed by atoms with Crippen molar-refractivity contribution in [3.63, 3.8) is 0 Å². The molecule has 0 spiro atoms. The molecule has 3 aliphatic rings. The summed E-state index contributed by atoms with van der Waals surface area (Å²) in [4.78, 5) is 16.6. The van der Waals surface area contributed by atoms with Gasteiger partial charge in [-0.3, -0.25) is 4.79 Å². The summed E-state index contributed by atoms with van der Waals surface area (Å²) in [7, 11) is 0. The van der Waals surface area contributed by atoms with Crippen molar-refractivity contribution in [1.29, 1.82) is 0 Å². The summed E-state index contributed by atoms with van der Waals surface area (Å²) >= 11 is 0. The minimum absolute atomic E-state index is 0.144. The molecule has 8 heteroatoms. The Morgan fingerprint density at radius 2 is 2.06 bits per heavy atom. The zero-order valence-electron chi connectivity index (χ0n) is 18.9. The monoisotopic (exact) mass is 452 g/mol. The van der Waals surface area contributed by atoms with Crippen molar-refractivity contribution >= 4 is 17.4 Å². The molecule has 0 saturated carbocycles. The summed E-state index contributed by atoms with van der Waals surface area (Å²) in [6.45, 7) is 6.84. The van der Waals surface area contributed by atoms with Crippen LogP contribution in [-0.2, 0) is 4.79 Å². The number of carbonyl (C=O) groups excluding carboxylic acids is 1. The molecular formula is C25H29FN4O3. The predicted octanol–water partition coefficient (Wildman–Crippen LogP) is 2.94. The quantitative estimate of drug-likeness (QED) is 0.746. The predicted molar refractivity (Wildman–Crippen MR) is 125 cm³/mol. The number of hydrazone groups is 1. The molecule has 0 unspecified atom stereocenters. The number of amidine groups is 1. The van der Waals surface area contributed by atoms with Crippen LogP contribution < -0.4 is 15.1 Å². The fourth-order valence-electron chi connectivity index (χ4n) is 5.35. The van der Waals surface area contributed by atoms with Gasteiger partial charge < -0.3 is 19.6 Å². The SMILES string of the molecule is C[C@@H]1C(=O)NN=C2COc3cc(-c4ccccc4F)c([C@@H]4CCN(CCO)C[C@@H]4C)cc3N21. The number of β-amino-alcohol motifs (C(OH)–C–C–N with tert-alkyl or cyclic N) is 1. The number of fused-ring (bicyclic) bond motifs is 3. The van der Waals surface area contributed by atoms with Gasteiger partial charge in [-0.1, -0.05) is 25.1 Å². The normalized spacial score (nSPS) is 25.0. The summed E-state index contributed by atoms with van der Waals surface area (Å²) in [6.07, 6.45) is 0.902. The van der Waals surface area contributed by atoms with Crippen LogP contribution in [0.3, 0.4) is 0 Å². The molecule has 0 radical (unpaired) electrons. The Kier molecular flexibility index (Phi) is 5.80. The summed E-state index contributed by atoms with van der Waals surface area (Å²) in [5.41, 5.74) is 5.78. The van der Waals surface area contributed by atoms with Crippen LogP contribution in [0.1, 0.15) is 31.7 Å². The summed E-state index contributed by atoms with van der Waals surface area (Å²) in [5, 5.41) is 13.5. The maximum Gasteiger partial charge on any atom is 0.262 e. The van der Waals surface area contributed by atoms with Gasteiger partial charge in [-0.05, 0) is 61.1 Å². The maximum atomic E-state index is 14.9. The number of likely N-dealkylation sites (tertiary alicyclic amines) is 1. The van der Waals surface area contributed by atoms with Crippen molar-refractivity contribution in [2.45, 2.75) is 32.2 Å². The van der Waals surface area contributed by atoms with E-state index < -0.39 is 6.04 Å². The van der Waals surface area contributed by atoms with E-state index in [4.69, 9.17) is 4.74 Å². The highest BCUT2D eigenvalue weighted by Crippen LogP contribution is 2.46. The van der Waals surface area contributed by atoms with E-state index in [0.29, 0.717) is 29.6 Å². The number of benzene rings is 2. The molecular weight excluding hydrogens is 423 g/mol. The number of carbonyl (C=O) groups is 1. The van der Waals surface area contributed by atoms with Crippen LogP contribution >= 0.6 is 0 Å². The molecule has 0 aliphatic carbocycles. The van der Waals surface area contributed by atoms with E-state index in [2.05, 4.69) is 28.4 Å². The third-order valence-corrected chi connectivity index (χ3v) is 7.06. The van der Waals surface area contributed by atoms with Crippen molar-refractivity contribution in [3.05, 3.63) is 47.8 Å². The summed E-state index contributed by atoms with van der Waals surface area (Å²) < 4.78 is 21.0. The van der Waals surface area contributed by atoms with Crippen LogP contribution in [0.25, 0.3) is 11.1 Å². The number of rotatable bonds is 4. The van der Waals surface area contributed by atoms with E-state index in [9.17, 15) is 14.3 Å². The van der Waals surface area contributed by atoms with Gasteiger partial charge in [-0.25, -0.2) is 9.82 Å². The fourth-order valence-corrected chi connectivity index (χ4v) is 5.35. The molecule has 174 valence electrons. The molecule has 3 aliphatic heterocycles. The third-order valence-electron chi connectivity index (χ3n) is 7.06. The number of amides is 1. The molecule has 2 aromatic carbocycles. The average molecular weight is 453 g/mol. The van der Waals surface area contributed by atoms with Gasteiger partial charge in [0.25, 0.3) is 5.91 Å². The standard InChI is InChI=1S/C25H29FN4O3/c1-15-13-29(9-10-31)8-7-17(15)19-11-22-23(12-20(19)18-5-3-4-6-21(18)26)33-14-24-27-28-25(32)16(2)30(22)24/h3-6,11-12,15-17,31H,7-10,13-14H2,1-2H3,(H,28,32)/t15-,16+,17+/m0/s1. The largest absolute Gasteiger partial charge is 0.483 e. The molecule has 3 heterocycles. The van der Waals surface area contributed by atoms with Gasteiger partial charge in [0.15, 0.2) is 5.84 Å². The zero-order valence-corrected chi connectivity index (χ0v) is 18.9. The summed E-state index contributed by atoms with van der Waals surface area (Å²) in [6, 6.07) is 10.4. The van der Waals surface area contributed by atoms with Gasteiger partial charge in [0.2, 0.25) is 0 Å². The topological polar surface area (TPSA) is 77.4 Å². The Hall–Kier alpha value is -2.97. The van der Waals surface area contributed by atoms with Crippen molar-refractivity contribution < 1.29 is 19.0 Å². The second-order valence-corrected chi connectivity index (χ2v) is 9.12. The number of aliphatic hydroxyl groups is 1. The van der Waals surface area contributed by atoms with Crippen molar-refractivity contribution in [1.82, 2.24) is 10.3 Å². The van der Waals surface area contributed by atoms with Gasteiger partial charge in [-0.15, -0.1) is 0 Å². The van der Waals surface area contributed by atoms with Gasteiger partial charge in [0.1, 0.15) is 24.2 Å². The number of ether oxygens (including phenoxy) is 1. The maximum absolute atomic E-state index is 14.9. The van der Waals surface area contributed by atoms with Gasteiger partial charge in [-0.2, -0.15) is 5.10 Å². The van der Waals surface area contributed by atoms with Gasteiger partial charge >= 0.3 is 0 Å². The molecule has 0 aromatic heterocycles. The Morgan fingerprint density at radius 1 is 1.24 bits per heavy atom. The lowest BCUT2D eigenvalue weighted by Gasteiger charge is -2.41. The van der Waals surface area contributed by atoms with Crippen molar-refractivity contribution in [3.8, 4) is 16.9 Å². The number of aliphatic hydroxyl groups excluding tert-OH is 1. The smallest absolute Gasteiger partial charge is 0.262 e. The Bertz CT molecular complexity index is 1110. The second kappa shape index (κ2) is 8.76. The Balaban J connectivity index is 1.64. The Morgan fingerprint density at radius 3 is 2.82 bits per heavy atom. The first-order valence-electron chi connectivity index (χ1n) is 11.5. The molecule has 3 atom stereocenters. The van der Waals surface area contributed by atoms with Crippen LogP contribution in [-0.4, -0.2) is 60.6 Å². The van der Waals surface area contributed by atoms with E-state index in [1.54, 1.807) is 12.1 Å². The minimum atomic E-state index is -0.420. The van der Waals surface area contributed by atoms with E-state index >= 15 is 0 Å². The van der Waals surface area contributed by atoms with Gasteiger partial charge in [0, 0.05) is 18.7 Å². The van der Waals surface area contributed by atoms with Crippen LogP contribution in [0.4, 0.5) is 10.1 Å². The van der Waals surface area contributed by atoms with Crippen molar-refractivity contribution in [2.75, 3.05) is 37.7 Å². The first kappa shape index (κ1) is 21.9. The number of halogens is 1. The molecule has 1 saturated heterocycles. The number of hydrogen-bond acceptors (Lipinski definition) is 6. The fraction of sp³-hybridized carbons (Fsp3) is 0.440. The molecule has 5 rings (SSSR count). The third kappa shape index (κ3) is 3.87. The number of nitrogens with zero attached hydrogens (tertiary/aromatic N) is 3. The highest BCUT2D eigenvalue weighted by atomic mass is 19.1. The summed E-state index contributed by atoms with van der Waals surface area (Å²) in [5.74, 6) is 1.36. The molecule has 1 fully saturated rings. The van der Waals surface area contributed by atoms with Crippen LogP contribution in [0, 0.1) is 11.7 Å². The first-order valence-corrected chi connectivity index (χ1v) is 11.5. The highest BCUT2D eigenvalue weighted by Gasteiger charge is 2.37. The lowest BCUT2D eigenvalue weighted by Crippen LogP contribution is -2.55. The van der Waals surface area contributed by atoms with Crippen LogP contribution in [0.15, 0.2) is 41.5 Å². The number of hydrogen-bond donors (Lipinski definition) is 2. The van der Waals surface area contributed by atoms with Gasteiger partial charge in [0.05, 0.1) is 12.3 Å². The zero-order chi connectivity index (χ0) is 23.1. The molecule has 7 nitrogen and oxygen atoms in total. The lowest BCUT2D eigenvalue weighted by atomic mass is 9.78. The van der Waals surface area contributed by atoms with Crippen LogP contribution in [0.5, 0.6) is 5.75 Å². The minimum Gasteiger partial charge on any atom is -0.483 e. The molecule has 0 bridgehead atoms. The average Bonchev–Trinajstić information content (AvgIpc) is 2.81. The van der Waals surface area contributed by atoms with E-state index in [0.717, 1.165) is 36.3 Å². The lowest BCUT2D eigenvalue weighted by molar-refractivity contribution is -0.122. The number of piperidine rings is 1. The van der Waals surface area contributed by atoms with E-state index in [-0.39, 0.29) is 30.9 Å². The Labute approximate surface area is 192 Å². The molecule has 2 N–H and O–H groups in total. The number of anilines is 1.